The van der Waals surface area contributed by atoms with Gasteiger partial charge in [0.15, 0.2) is 0 Å². The van der Waals surface area contributed by atoms with Gasteiger partial charge in [0.1, 0.15) is 5.60 Å². The van der Waals surface area contributed by atoms with E-state index in [4.69, 9.17) is 9.47 Å². The minimum Gasteiger partial charge on any atom is -0.484 e. The van der Waals surface area contributed by atoms with Crippen molar-refractivity contribution >= 4 is 5.97 Å². The summed E-state index contributed by atoms with van der Waals surface area (Å²) in [7, 11) is 0. The number of cyclic esters (lactones) is 1. The van der Waals surface area contributed by atoms with Crippen molar-refractivity contribution < 1.29 is 14.3 Å². The highest BCUT2D eigenvalue weighted by Gasteiger charge is 2.51. The summed E-state index contributed by atoms with van der Waals surface area (Å²) in [6, 6.07) is 0. The molecule has 0 aromatic carbocycles. The number of hydrogen-bond acceptors (Lipinski definition) is 3. The van der Waals surface area contributed by atoms with E-state index in [0.29, 0.717) is 6.42 Å². The van der Waals surface area contributed by atoms with Crippen LogP contribution in [0.2, 0.25) is 0 Å². The molecule has 1 rings (SSSR count). The monoisotopic (exact) mass is 170 g/mol. The van der Waals surface area contributed by atoms with Gasteiger partial charge in [0.05, 0.1) is 6.26 Å². The number of rotatable bonds is 2. The van der Waals surface area contributed by atoms with Crippen LogP contribution in [0.15, 0.2) is 12.8 Å². The molecule has 1 atom stereocenters. The maximum Gasteiger partial charge on any atom is 0.350 e. The average Bonchev–Trinajstić information content (AvgIpc) is 2.02. The number of ether oxygens (including phenoxy) is 2. The van der Waals surface area contributed by atoms with Gasteiger partial charge < -0.3 is 9.47 Å². The van der Waals surface area contributed by atoms with E-state index in [-0.39, 0.29) is 5.97 Å². The van der Waals surface area contributed by atoms with Gasteiger partial charge in [0, 0.05) is 6.42 Å². The van der Waals surface area contributed by atoms with Crippen LogP contribution in [0.5, 0.6) is 0 Å². The molecule has 0 bridgehead atoms. The molecule has 0 aromatic rings. The van der Waals surface area contributed by atoms with Gasteiger partial charge in [-0.25, -0.2) is 4.79 Å². The summed E-state index contributed by atoms with van der Waals surface area (Å²) >= 11 is 0. The quantitative estimate of drug-likeness (QED) is 0.466. The predicted octanol–water partition coefficient (Wildman–Crippen LogP) is 1.63. The first-order chi connectivity index (χ1) is 5.40. The number of carbonyl (C=O) groups is 1. The fraction of sp³-hybridized carbons (Fsp3) is 0.667. The SMILES string of the molecule is C=COC1(C)CC(C)(C)OC1=O. The summed E-state index contributed by atoms with van der Waals surface area (Å²) in [5.74, 6) is -0.313. The molecule has 0 N–H and O–H groups in total. The highest BCUT2D eigenvalue weighted by molar-refractivity contribution is 5.82. The maximum atomic E-state index is 11.3. The van der Waals surface area contributed by atoms with Gasteiger partial charge >= 0.3 is 5.97 Å². The molecule has 0 aromatic heterocycles. The van der Waals surface area contributed by atoms with Gasteiger partial charge in [-0.3, -0.25) is 0 Å². The van der Waals surface area contributed by atoms with Crippen molar-refractivity contribution in [1.82, 2.24) is 0 Å². The van der Waals surface area contributed by atoms with Crippen molar-refractivity contribution in [3.63, 3.8) is 0 Å². The van der Waals surface area contributed by atoms with Crippen molar-refractivity contribution in [3.8, 4) is 0 Å². The summed E-state index contributed by atoms with van der Waals surface area (Å²) in [6.45, 7) is 8.86. The summed E-state index contributed by atoms with van der Waals surface area (Å²) < 4.78 is 10.2. The molecule has 0 amide bonds. The Morgan fingerprint density at radius 1 is 1.58 bits per heavy atom. The van der Waals surface area contributed by atoms with Crippen molar-refractivity contribution in [1.29, 1.82) is 0 Å². The lowest BCUT2D eigenvalue weighted by Crippen LogP contribution is -2.32. The molecule has 1 unspecified atom stereocenters. The van der Waals surface area contributed by atoms with Crippen molar-refractivity contribution in [3.05, 3.63) is 12.8 Å². The Morgan fingerprint density at radius 3 is 2.50 bits per heavy atom. The molecule has 68 valence electrons. The fourth-order valence-electron chi connectivity index (χ4n) is 1.55. The van der Waals surface area contributed by atoms with E-state index in [1.165, 1.54) is 6.26 Å². The third-order valence-electron chi connectivity index (χ3n) is 1.91. The van der Waals surface area contributed by atoms with Crippen molar-refractivity contribution in [2.75, 3.05) is 0 Å². The van der Waals surface area contributed by atoms with Gasteiger partial charge in [-0.15, -0.1) is 0 Å². The standard InChI is InChI=1S/C9H14O3/c1-5-11-9(4)6-8(2,3)12-7(9)10/h5H,1,6H2,2-4H3. The lowest BCUT2D eigenvalue weighted by atomic mass is 9.95. The number of esters is 1. The largest absolute Gasteiger partial charge is 0.484 e. The van der Waals surface area contributed by atoms with Crippen LogP contribution < -0.4 is 0 Å². The molecule has 0 saturated carbocycles. The maximum absolute atomic E-state index is 11.3. The number of hydrogen-bond donors (Lipinski definition) is 0. The molecule has 1 aliphatic heterocycles. The topological polar surface area (TPSA) is 35.5 Å². The zero-order valence-corrected chi connectivity index (χ0v) is 7.72. The van der Waals surface area contributed by atoms with E-state index in [2.05, 4.69) is 6.58 Å². The molecule has 3 heteroatoms. The van der Waals surface area contributed by atoms with Crippen molar-refractivity contribution in [2.45, 2.75) is 38.4 Å². The summed E-state index contributed by atoms with van der Waals surface area (Å²) in [5, 5.41) is 0. The first-order valence-electron chi connectivity index (χ1n) is 3.92. The molecule has 0 aliphatic carbocycles. The average molecular weight is 170 g/mol. The molecular weight excluding hydrogens is 156 g/mol. The van der Waals surface area contributed by atoms with Crippen molar-refractivity contribution in [2.24, 2.45) is 0 Å². The Balaban J connectivity index is 2.81. The smallest absolute Gasteiger partial charge is 0.350 e. The van der Waals surface area contributed by atoms with Crippen LogP contribution >= 0.6 is 0 Å². The first kappa shape index (κ1) is 9.10. The molecule has 0 radical (unpaired) electrons. The van der Waals surface area contributed by atoms with Gasteiger partial charge in [0.25, 0.3) is 0 Å². The second-order valence-corrected chi connectivity index (χ2v) is 3.84. The van der Waals surface area contributed by atoms with E-state index in [1.54, 1.807) is 6.92 Å². The van der Waals surface area contributed by atoms with Crippen LogP contribution in [0.3, 0.4) is 0 Å². The first-order valence-corrected chi connectivity index (χ1v) is 3.92. The van der Waals surface area contributed by atoms with Gasteiger partial charge in [0.2, 0.25) is 5.60 Å². The summed E-state index contributed by atoms with van der Waals surface area (Å²) in [5.41, 5.74) is -1.26. The Bertz CT molecular complexity index is 220. The molecule has 0 spiro atoms. The zero-order valence-electron chi connectivity index (χ0n) is 7.72. The summed E-state index contributed by atoms with van der Waals surface area (Å²) in [6.07, 6.45) is 1.84. The van der Waals surface area contributed by atoms with E-state index in [0.717, 1.165) is 0 Å². The molecular formula is C9H14O3. The molecule has 1 heterocycles. The Kier molecular flexibility index (Phi) is 1.90. The van der Waals surface area contributed by atoms with E-state index in [9.17, 15) is 4.79 Å². The van der Waals surface area contributed by atoms with Crippen LogP contribution in [0.4, 0.5) is 0 Å². The van der Waals surface area contributed by atoms with Crippen LogP contribution in [0, 0.1) is 0 Å². The van der Waals surface area contributed by atoms with Crippen LogP contribution in [-0.4, -0.2) is 17.2 Å². The third-order valence-corrected chi connectivity index (χ3v) is 1.91. The predicted molar refractivity (Wildman–Crippen MR) is 44.5 cm³/mol. The van der Waals surface area contributed by atoms with Crippen LogP contribution in [0.1, 0.15) is 27.2 Å². The minimum absolute atomic E-state index is 0.313. The Hall–Kier alpha value is -0.990. The summed E-state index contributed by atoms with van der Waals surface area (Å²) in [4.78, 5) is 11.3. The normalized spacial score (nSPS) is 32.8. The van der Waals surface area contributed by atoms with Gasteiger partial charge in [-0.1, -0.05) is 6.58 Å². The highest BCUT2D eigenvalue weighted by atomic mass is 16.6. The van der Waals surface area contributed by atoms with E-state index >= 15 is 0 Å². The second kappa shape index (κ2) is 2.51. The van der Waals surface area contributed by atoms with Gasteiger partial charge in [-0.2, -0.15) is 0 Å². The van der Waals surface area contributed by atoms with Gasteiger partial charge in [-0.05, 0) is 20.8 Å². The lowest BCUT2D eigenvalue weighted by Gasteiger charge is -2.19. The third kappa shape index (κ3) is 1.44. The number of carbonyl (C=O) groups excluding carboxylic acids is 1. The molecule has 1 saturated heterocycles. The van der Waals surface area contributed by atoms with E-state index in [1.807, 2.05) is 13.8 Å². The lowest BCUT2D eigenvalue weighted by molar-refractivity contribution is -0.156. The Labute approximate surface area is 72.4 Å². The second-order valence-electron chi connectivity index (χ2n) is 3.84. The molecule has 12 heavy (non-hydrogen) atoms. The van der Waals surface area contributed by atoms with Crippen LogP contribution in [-0.2, 0) is 14.3 Å². The van der Waals surface area contributed by atoms with E-state index < -0.39 is 11.2 Å². The minimum atomic E-state index is -0.842. The zero-order chi connectivity index (χ0) is 9.41. The molecule has 1 fully saturated rings. The van der Waals surface area contributed by atoms with Crippen LogP contribution in [0.25, 0.3) is 0 Å². The highest BCUT2D eigenvalue weighted by Crippen LogP contribution is 2.35. The molecule has 1 aliphatic rings. The fourth-order valence-corrected chi connectivity index (χ4v) is 1.55. The Morgan fingerprint density at radius 2 is 2.17 bits per heavy atom. The molecule has 3 nitrogen and oxygen atoms in total.